The van der Waals surface area contributed by atoms with Gasteiger partial charge in [0.05, 0.1) is 22.7 Å². The van der Waals surface area contributed by atoms with E-state index in [2.05, 4.69) is 17.2 Å². The third-order valence-corrected chi connectivity index (χ3v) is 4.66. The van der Waals surface area contributed by atoms with Crippen LogP contribution in [0.4, 0.5) is 5.95 Å². The quantitative estimate of drug-likeness (QED) is 0.474. The van der Waals surface area contributed by atoms with Crippen LogP contribution in [0.1, 0.15) is 37.6 Å². The lowest BCUT2D eigenvalue weighted by molar-refractivity contribution is 0.102. The van der Waals surface area contributed by atoms with E-state index in [0.717, 1.165) is 17.5 Å². The van der Waals surface area contributed by atoms with Crippen molar-refractivity contribution >= 4 is 33.9 Å². The molecule has 2 aromatic carbocycles. The number of amides is 1. The molecule has 4 rings (SSSR count). The number of carbonyl (C=O) groups is 1. The molecule has 30 heavy (non-hydrogen) atoms. The van der Waals surface area contributed by atoms with Gasteiger partial charge in [0, 0.05) is 24.1 Å². The second kappa shape index (κ2) is 8.02. The third kappa shape index (κ3) is 3.78. The van der Waals surface area contributed by atoms with E-state index in [0.29, 0.717) is 29.2 Å². The van der Waals surface area contributed by atoms with Gasteiger partial charge in [-0.05, 0) is 44.5 Å². The lowest BCUT2D eigenvalue weighted by Gasteiger charge is -2.12. The molecular weight excluding hydrogens is 382 g/mol. The van der Waals surface area contributed by atoms with Crippen molar-refractivity contribution in [3.63, 3.8) is 0 Å². The summed E-state index contributed by atoms with van der Waals surface area (Å²) in [6, 6.07) is 14.0. The van der Waals surface area contributed by atoms with E-state index >= 15 is 0 Å². The molecule has 4 aromatic rings. The highest BCUT2D eigenvalue weighted by Crippen LogP contribution is 2.25. The normalized spacial score (nSPS) is 11.3. The number of benzene rings is 2. The van der Waals surface area contributed by atoms with Crippen LogP contribution in [0.2, 0.25) is 0 Å². The highest BCUT2D eigenvalue weighted by Gasteiger charge is 2.18. The number of para-hydroxylation sites is 2. The molecule has 154 valence electrons. The Hall–Kier alpha value is -3.61. The number of fused-ring (bicyclic) bond motifs is 2. The molecule has 0 unspecified atom stereocenters. The Morgan fingerprint density at radius 2 is 2.00 bits per heavy atom. The van der Waals surface area contributed by atoms with Crippen molar-refractivity contribution in [2.24, 2.45) is 0 Å². The highest BCUT2D eigenvalue weighted by molar-refractivity contribution is 6.11. The average Bonchev–Trinajstić information content (AvgIpc) is 3.04. The molecule has 0 aliphatic carbocycles. The largest absolute Gasteiger partial charge is 0.491 e. The fraction of sp³-hybridized carbons (Fsp3) is 0.261. The summed E-state index contributed by atoms with van der Waals surface area (Å²) in [4.78, 5) is 29.8. The summed E-state index contributed by atoms with van der Waals surface area (Å²) in [6.07, 6.45) is 0.868. The monoisotopic (exact) mass is 405 g/mol. The van der Waals surface area contributed by atoms with Crippen molar-refractivity contribution in [2.45, 2.75) is 39.8 Å². The second-order valence-corrected chi connectivity index (χ2v) is 7.33. The molecular formula is C23H23N3O4. The number of rotatable bonds is 6. The Kier molecular flexibility index (Phi) is 5.27. The number of anilines is 1. The molecule has 7 heteroatoms. The minimum atomic E-state index is -0.601. The van der Waals surface area contributed by atoms with Crippen molar-refractivity contribution in [3.05, 3.63) is 64.5 Å². The number of hydrogen-bond acceptors (Lipinski definition) is 5. The van der Waals surface area contributed by atoms with Gasteiger partial charge in [0.2, 0.25) is 5.95 Å². The molecule has 0 saturated carbocycles. The van der Waals surface area contributed by atoms with Crippen LogP contribution in [0.5, 0.6) is 5.75 Å². The van der Waals surface area contributed by atoms with Gasteiger partial charge in [-0.25, -0.2) is 9.78 Å². The van der Waals surface area contributed by atoms with Crippen LogP contribution in [-0.4, -0.2) is 21.6 Å². The van der Waals surface area contributed by atoms with Gasteiger partial charge < -0.3 is 13.7 Å². The second-order valence-electron chi connectivity index (χ2n) is 7.33. The zero-order valence-corrected chi connectivity index (χ0v) is 17.1. The molecule has 0 aliphatic heterocycles. The predicted octanol–water partition coefficient (Wildman–Crippen LogP) is 4.59. The Labute approximate surface area is 173 Å². The van der Waals surface area contributed by atoms with Gasteiger partial charge in [-0.2, -0.15) is 0 Å². The van der Waals surface area contributed by atoms with Gasteiger partial charge >= 0.3 is 5.63 Å². The number of nitrogens with one attached hydrogen (secondary N) is 1. The molecule has 0 radical (unpaired) electrons. The van der Waals surface area contributed by atoms with Crippen molar-refractivity contribution < 1.29 is 13.9 Å². The van der Waals surface area contributed by atoms with Crippen molar-refractivity contribution in [2.75, 3.05) is 5.32 Å². The molecule has 0 bridgehead atoms. The van der Waals surface area contributed by atoms with Gasteiger partial charge in [0.25, 0.3) is 5.91 Å². The molecule has 0 atom stereocenters. The van der Waals surface area contributed by atoms with E-state index in [1.165, 1.54) is 6.07 Å². The Bertz CT molecular complexity index is 1290. The summed E-state index contributed by atoms with van der Waals surface area (Å²) >= 11 is 0. The number of aromatic nitrogens is 2. The average molecular weight is 405 g/mol. The number of ether oxygens (including phenoxy) is 1. The summed E-state index contributed by atoms with van der Waals surface area (Å²) in [5.74, 6) is 0.602. The smallest absolute Gasteiger partial charge is 0.337 e. The van der Waals surface area contributed by atoms with Crippen molar-refractivity contribution in [1.29, 1.82) is 0 Å². The minimum absolute atomic E-state index is 0.0211. The maximum atomic E-state index is 13.1. The Morgan fingerprint density at radius 3 is 2.77 bits per heavy atom. The van der Waals surface area contributed by atoms with E-state index in [-0.39, 0.29) is 11.7 Å². The van der Waals surface area contributed by atoms with Crippen molar-refractivity contribution in [3.8, 4) is 5.75 Å². The zero-order valence-electron chi connectivity index (χ0n) is 17.1. The maximum Gasteiger partial charge on any atom is 0.337 e. The van der Waals surface area contributed by atoms with Gasteiger partial charge in [-0.1, -0.05) is 19.1 Å². The van der Waals surface area contributed by atoms with Gasteiger partial charge in [-0.15, -0.1) is 0 Å². The molecule has 2 aromatic heterocycles. The summed E-state index contributed by atoms with van der Waals surface area (Å²) in [7, 11) is 0. The van der Waals surface area contributed by atoms with E-state index < -0.39 is 11.5 Å². The summed E-state index contributed by atoms with van der Waals surface area (Å²) in [5, 5.41) is 3.40. The van der Waals surface area contributed by atoms with E-state index in [1.807, 2.05) is 42.7 Å². The van der Waals surface area contributed by atoms with Crippen LogP contribution < -0.4 is 15.7 Å². The first kappa shape index (κ1) is 19.7. The number of carbonyl (C=O) groups excluding carboxylic acids is 1. The first-order valence-electron chi connectivity index (χ1n) is 9.97. The van der Waals surface area contributed by atoms with Crippen LogP contribution in [0.3, 0.4) is 0 Å². The highest BCUT2D eigenvalue weighted by atomic mass is 16.5. The lowest BCUT2D eigenvalue weighted by Crippen LogP contribution is -2.18. The standard InChI is InChI=1S/C23H23N3O4/c1-4-11-26-19-8-6-5-7-18(19)24-23(26)25-22(28)17-13-21(27)30-20-12-15(29-14(2)3)9-10-16(17)20/h5-10,12-14H,4,11H2,1-3H3,(H,24,25,28). The first-order valence-corrected chi connectivity index (χ1v) is 9.97. The van der Waals surface area contributed by atoms with Gasteiger partial charge in [0.1, 0.15) is 11.3 Å². The SMILES string of the molecule is CCCn1c(NC(=O)c2cc(=O)oc3cc(OC(C)C)ccc23)nc2ccccc21. The zero-order chi connectivity index (χ0) is 21.3. The third-order valence-electron chi connectivity index (χ3n) is 4.66. The molecule has 0 fully saturated rings. The summed E-state index contributed by atoms with van der Waals surface area (Å²) in [6.45, 7) is 6.59. The van der Waals surface area contributed by atoms with Crippen LogP contribution in [0.15, 0.2) is 57.7 Å². The topological polar surface area (TPSA) is 86.4 Å². The van der Waals surface area contributed by atoms with Crippen molar-refractivity contribution in [1.82, 2.24) is 9.55 Å². The molecule has 1 amide bonds. The summed E-state index contributed by atoms with van der Waals surface area (Å²) in [5.41, 5.74) is 1.67. The first-order chi connectivity index (χ1) is 14.5. The predicted molar refractivity (Wildman–Crippen MR) is 116 cm³/mol. The molecule has 1 N–H and O–H groups in total. The molecule has 0 aliphatic rings. The maximum absolute atomic E-state index is 13.1. The van der Waals surface area contributed by atoms with Crippen LogP contribution >= 0.6 is 0 Å². The summed E-state index contributed by atoms with van der Waals surface area (Å²) < 4.78 is 12.9. The Balaban J connectivity index is 1.74. The fourth-order valence-electron chi connectivity index (χ4n) is 3.47. The minimum Gasteiger partial charge on any atom is -0.491 e. The number of nitrogens with zero attached hydrogens (tertiary/aromatic N) is 2. The number of aryl methyl sites for hydroxylation is 1. The molecule has 0 saturated heterocycles. The Morgan fingerprint density at radius 1 is 1.20 bits per heavy atom. The number of imidazole rings is 1. The molecule has 7 nitrogen and oxygen atoms in total. The number of hydrogen-bond donors (Lipinski definition) is 1. The van der Waals surface area contributed by atoms with Crippen LogP contribution in [0, 0.1) is 0 Å². The van der Waals surface area contributed by atoms with E-state index in [9.17, 15) is 9.59 Å². The lowest BCUT2D eigenvalue weighted by atomic mass is 10.1. The molecule has 2 heterocycles. The van der Waals surface area contributed by atoms with Gasteiger partial charge in [0.15, 0.2) is 0 Å². The van der Waals surface area contributed by atoms with E-state index in [1.54, 1.807) is 18.2 Å². The van der Waals surface area contributed by atoms with E-state index in [4.69, 9.17) is 9.15 Å². The molecule has 0 spiro atoms. The van der Waals surface area contributed by atoms with Crippen LogP contribution in [-0.2, 0) is 6.54 Å². The fourth-order valence-corrected chi connectivity index (χ4v) is 3.47. The van der Waals surface area contributed by atoms with Gasteiger partial charge in [-0.3, -0.25) is 10.1 Å². The van der Waals surface area contributed by atoms with Crippen LogP contribution in [0.25, 0.3) is 22.0 Å².